The van der Waals surface area contributed by atoms with Gasteiger partial charge >= 0.3 is 5.97 Å². The predicted octanol–water partition coefficient (Wildman–Crippen LogP) is 2.50. The van der Waals surface area contributed by atoms with Gasteiger partial charge in [0.05, 0.1) is 28.4 Å². The number of hydrogen-bond donors (Lipinski definition) is 2. The fraction of sp³-hybridized carbons (Fsp3) is 0.0714. The summed E-state index contributed by atoms with van der Waals surface area (Å²) in [6, 6.07) is 6.59. The number of benzene rings is 1. The standard InChI is InChI=1S/C14H10ClFN2O3/c15-10-2-1-3-11(16)12(10)13(19)18-7-9-6-8(14(20)21)4-5-17-9/h1-6H,7H2,(H,18,19)(H,20,21). The highest BCUT2D eigenvalue weighted by Gasteiger charge is 2.15. The Morgan fingerprint density at radius 1 is 1.33 bits per heavy atom. The minimum atomic E-state index is -1.10. The molecule has 0 bridgehead atoms. The largest absolute Gasteiger partial charge is 0.478 e. The summed E-state index contributed by atoms with van der Waals surface area (Å²) in [5.74, 6) is -2.52. The van der Waals surface area contributed by atoms with Gasteiger partial charge in [0, 0.05) is 6.20 Å². The van der Waals surface area contributed by atoms with Gasteiger partial charge in [-0.3, -0.25) is 9.78 Å². The SMILES string of the molecule is O=C(O)c1ccnc(CNC(=O)c2c(F)cccc2Cl)c1. The predicted molar refractivity (Wildman–Crippen MR) is 73.8 cm³/mol. The lowest BCUT2D eigenvalue weighted by Crippen LogP contribution is -2.24. The van der Waals surface area contributed by atoms with Gasteiger partial charge in [-0.05, 0) is 24.3 Å². The van der Waals surface area contributed by atoms with Crippen LogP contribution in [0.15, 0.2) is 36.5 Å². The molecule has 0 saturated carbocycles. The quantitative estimate of drug-likeness (QED) is 0.909. The van der Waals surface area contributed by atoms with Crippen molar-refractivity contribution < 1.29 is 19.1 Å². The van der Waals surface area contributed by atoms with Crippen molar-refractivity contribution in [2.75, 3.05) is 0 Å². The number of pyridine rings is 1. The van der Waals surface area contributed by atoms with Crippen molar-refractivity contribution in [1.82, 2.24) is 10.3 Å². The smallest absolute Gasteiger partial charge is 0.335 e. The molecule has 0 saturated heterocycles. The first-order valence-corrected chi connectivity index (χ1v) is 6.27. The number of aromatic carboxylic acids is 1. The van der Waals surface area contributed by atoms with Gasteiger partial charge in [0.15, 0.2) is 0 Å². The van der Waals surface area contributed by atoms with Crippen LogP contribution in [-0.4, -0.2) is 22.0 Å². The average molecular weight is 309 g/mol. The van der Waals surface area contributed by atoms with Crippen LogP contribution >= 0.6 is 11.6 Å². The number of rotatable bonds is 4. The summed E-state index contributed by atoms with van der Waals surface area (Å²) < 4.78 is 13.6. The summed E-state index contributed by atoms with van der Waals surface area (Å²) in [6.07, 6.45) is 1.32. The van der Waals surface area contributed by atoms with Gasteiger partial charge in [-0.1, -0.05) is 17.7 Å². The highest BCUT2D eigenvalue weighted by atomic mass is 35.5. The molecule has 0 spiro atoms. The van der Waals surface area contributed by atoms with Crippen LogP contribution in [0.5, 0.6) is 0 Å². The monoisotopic (exact) mass is 308 g/mol. The Morgan fingerprint density at radius 3 is 2.76 bits per heavy atom. The lowest BCUT2D eigenvalue weighted by Gasteiger charge is -2.07. The van der Waals surface area contributed by atoms with Crippen molar-refractivity contribution >= 4 is 23.5 Å². The molecule has 0 radical (unpaired) electrons. The molecule has 2 N–H and O–H groups in total. The minimum Gasteiger partial charge on any atom is -0.478 e. The van der Waals surface area contributed by atoms with Crippen LogP contribution in [0.1, 0.15) is 26.4 Å². The van der Waals surface area contributed by atoms with Crippen LogP contribution in [0.25, 0.3) is 0 Å². The number of carboxylic acids is 1. The summed E-state index contributed by atoms with van der Waals surface area (Å²) in [5, 5.41) is 11.3. The van der Waals surface area contributed by atoms with E-state index in [1.54, 1.807) is 0 Å². The molecule has 0 atom stereocenters. The molecule has 5 nitrogen and oxygen atoms in total. The van der Waals surface area contributed by atoms with E-state index in [2.05, 4.69) is 10.3 Å². The van der Waals surface area contributed by atoms with Crippen LogP contribution in [0, 0.1) is 5.82 Å². The number of carbonyl (C=O) groups is 2. The summed E-state index contributed by atoms with van der Waals surface area (Å²) in [6.45, 7) is -0.0371. The molecule has 0 aliphatic carbocycles. The first-order valence-electron chi connectivity index (χ1n) is 5.89. The second-order valence-corrected chi connectivity index (χ2v) is 4.53. The van der Waals surface area contributed by atoms with Crippen molar-refractivity contribution in [1.29, 1.82) is 0 Å². The van der Waals surface area contributed by atoms with E-state index >= 15 is 0 Å². The first-order chi connectivity index (χ1) is 9.99. The van der Waals surface area contributed by atoms with Gasteiger partial charge in [0.25, 0.3) is 5.91 Å². The molecule has 0 fully saturated rings. The van der Waals surface area contributed by atoms with E-state index in [9.17, 15) is 14.0 Å². The zero-order valence-corrected chi connectivity index (χ0v) is 11.4. The zero-order valence-electron chi connectivity index (χ0n) is 10.6. The lowest BCUT2D eigenvalue weighted by molar-refractivity contribution is 0.0696. The molecule has 2 rings (SSSR count). The average Bonchev–Trinajstić information content (AvgIpc) is 2.45. The number of aromatic nitrogens is 1. The Hall–Kier alpha value is -2.47. The van der Waals surface area contributed by atoms with E-state index in [-0.39, 0.29) is 22.7 Å². The van der Waals surface area contributed by atoms with Crippen LogP contribution in [0.4, 0.5) is 4.39 Å². The van der Waals surface area contributed by atoms with Gasteiger partial charge in [-0.2, -0.15) is 0 Å². The molecule has 0 aliphatic heterocycles. The van der Waals surface area contributed by atoms with E-state index < -0.39 is 17.7 Å². The summed E-state index contributed by atoms with van der Waals surface area (Å²) in [4.78, 5) is 26.6. The van der Waals surface area contributed by atoms with E-state index in [1.165, 1.54) is 30.5 Å². The lowest BCUT2D eigenvalue weighted by atomic mass is 10.2. The van der Waals surface area contributed by atoms with E-state index in [0.29, 0.717) is 5.69 Å². The summed E-state index contributed by atoms with van der Waals surface area (Å²) in [7, 11) is 0. The molecule has 108 valence electrons. The van der Waals surface area contributed by atoms with Crippen molar-refractivity contribution in [2.24, 2.45) is 0 Å². The highest BCUT2D eigenvalue weighted by molar-refractivity contribution is 6.33. The van der Waals surface area contributed by atoms with Crippen LogP contribution in [-0.2, 0) is 6.54 Å². The minimum absolute atomic E-state index is 0.000235. The Morgan fingerprint density at radius 2 is 2.10 bits per heavy atom. The van der Waals surface area contributed by atoms with Gasteiger partial charge < -0.3 is 10.4 Å². The van der Waals surface area contributed by atoms with Crippen molar-refractivity contribution in [3.8, 4) is 0 Å². The summed E-state index contributed by atoms with van der Waals surface area (Å²) in [5.41, 5.74) is 0.141. The number of hydrogen-bond acceptors (Lipinski definition) is 3. The molecule has 21 heavy (non-hydrogen) atoms. The van der Waals surface area contributed by atoms with Crippen molar-refractivity contribution in [3.63, 3.8) is 0 Å². The molecular weight excluding hydrogens is 299 g/mol. The van der Waals surface area contributed by atoms with E-state index in [4.69, 9.17) is 16.7 Å². The number of halogens is 2. The van der Waals surface area contributed by atoms with Crippen LogP contribution in [0.3, 0.4) is 0 Å². The maximum absolute atomic E-state index is 13.6. The Balaban J connectivity index is 2.11. The number of nitrogens with zero attached hydrogens (tertiary/aromatic N) is 1. The maximum atomic E-state index is 13.6. The zero-order chi connectivity index (χ0) is 15.4. The van der Waals surface area contributed by atoms with Gasteiger partial charge in [0.1, 0.15) is 5.82 Å². The van der Waals surface area contributed by atoms with Gasteiger partial charge in [-0.25, -0.2) is 9.18 Å². The molecule has 0 aliphatic rings. The third kappa shape index (κ3) is 3.55. The second-order valence-electron chi connectivity index (χ2n) is 4.12. The van der Waals surface area contributed by atoms with E-state index in [1.807, 2.05) is 0 Å². The Bertz CT molecular complexity index is 686. The normalized spacial score (nSPS) is 10.2. The first kappa shape index (κ1) is 14.9. The maximum Gasteiger partial charge on any atom is 0.335 e. The van der Waals surface area contributed by atoms with Crippen LogP contribution in [0.2, 0.25) is 5.02 Å². The number of carboxylic acid groups (broad SMARTS) is 1. The molecule has 1 heterocycles. The van der Waals surface area contributed by atoms with Gasteiger partial charge in [0.2, 0.25) is 0 Å². The Labute approximate surface area is 124 Å². The van der Waals surface area contributed by atoms with Crippen LogP contribution < -0.4 is 5.32 Å². The molecular formula is C14H10ClFN2O3. The fourth-order valence-electron chi connectivity index (χ4n) is 1.68. The van der Waals surface area contributed by atoms with Gasteiger partial charge in [-0.15, -0.1) is 0 Å². The van der Waals surface area contributed by atoms with Crippen molar-refractivity contribution in [3.05, 3.63) is 64.2 Å². The molecule has 1 aromatic carbocycles. The second kappa shape index (κ2) is 6.32. The van der Waals surface area contributed by atoms with Crippen molar-refractivity contribution in [2.45, 2.75) is 6.54 Å². The topological polar surface area (TPSA) is 79.3 Å². The molecule has 1 aromatic heterocycles. The molecule has 1 amide bonds. The fourth-order valence-corrected chi connectivity index (χ4v) is 1.93. The number of nitrogens with one attached hydrogen (secondary N) is 1. The van der Waals surface area contributed by atoms with E-state index in [0.717, 1.165) is 6.07 Å². The molecule has 2 aromatic rings. The number of amides is 1. The third-order valence-electron chi connectivity index (χ3n) is 2.68. The third-order valence-corrected chi connectivity index (χ3v) is 3.00. The summed E-state index contributed by atoms with van der Waals surface area (Å²) >= 11 is 5.78. The molecule has 0 unspecified atom stereocenters. The molecule has 7 heteroatoms. The Kier molecular flexibility index (Phi) is 4.49. The number of carbonyl (C=O) groups excluding carboxylic acids is 1. The highest BCUT2D eigenvalue weighted by Crippen LogP contribution is 2.18.